The molecule has 2 N–H and O–H groups in total. The minimum atomic E-state index is -1.07. The number of hydrogen-bond donors (Lipinski definition) is 2. The number of aromatic carboxylic acids is 1. The average Bonchev–Trinajstić information content (AvgIpc) is 2.73. The van der Waals surface area contributed by atoms with Crippen molar-refractivity contribution in [2.45, 2.75) is 45.9 Å². The predicted molar refractivity (Wildman–Crippen MR) is 112 cm³/mol. The zero-order valence-corrected chi connectivity index (χ0v) is 17.3. The molecule has 3 atom stereocenters. The molecule has 1 heterocycles. The zero-order valence-electron chi connectivity index (χ0n) is 17.3. The highest BCUT2D eigenvalue weighted by atomic mass is 16.5. The zero-order chi connectivity index (χ0) is 21.8. The number of ether oxygens (including phenoxy) is 1. The summed E-state index contributed by atoms with van der Waals surface area (Å²) in [6.07, 6.45) is 0.103. The second-order valence-electron chi connectivity index (χ2n) is 7.49. The van der Waals surface area contributed by atoms with Crippen LogP contribution in [0.25, 0.3) is 0 Å². The van der Waals surface area contributed by atoms with Gasteiger partial charge in [0.15, 0.2) is 0 Å². The van der Waals surface area contributed by atoms with Crippen LogP contribution >= 0.6 is 0 Å². The van der Waals surface area contributed by atoms with E-state index in [-0.39, 0.29) is 30.0 Å². The lowest BCUT2D eigenvalue weighted by molar-refractivity contribution is -0.117. The molecule has 2 aromatic rings. The van der Waals surface area contributed by atoms with Gasteiger partial charge in [-0.1, -0.05) is 44.2 Å². The maximum Gasteiger partial charge on any atom is 0.407 e. The fourth-order valence-corrected chi connectivity index (χ4v) is 4.13. The Morgan fingerprint density at radius 1 is 1.13 bits per heavy atom. The molecule has 1 aliphatic heterocycles. The van der Waals surface area contributed by atoms with Crippen LogP contribution in [0.1, 0.15) is 54.7 Å². The average molecular weight is 410 g/mol. The molecule has 3 rings (SSSR count). The molecule has 3 unspecified atom stereocenters. The van der Waals surface area contributed by atoms with Gasteiger partial charge in [0.1, 0.15) is 6.61 Å². The van der Waals surface area contributed by atoms with Crippen molar-refractivity contribution in [2.75, 3.05) is 4.90 Å². The summed E-state index contributed by atoms with van der Waals surface area (Å²) in [5, 5.41) is 12.3. The summed E-state index contributed by atoms with van der Waals surface area (Å²) < 4.78 is 5.37. The Kier molecular flexibility index (Phi) is 6.40. The van der Waals surface area contributed by atoms with Crippen LogP contribution in [0.15, 0.2) is 48.5 Å². The molecular formula is C23H26N2O5. The summed E-state index contributed by atoms with van der Waals surface area (Å²) in [7, 11) is 0. The largest absolute Gasteiger partial charge is 0.478 e. The number of fused-ring (bicyclic) bond motifs is 1. The first-order valence-corrected chi connectivity index (χ1v) is 9.97. The van der Waals surface area contributed by atoms with Gasteiger partial charge in [-0.25, -0.2) is 9.59 Å². The Morgan fingerprint density at radius 2 is 1.83 bits per heavy atom. The molecule has 0 bridgehead atoms. The molecule has 0 aliphatic carbocycles. The van der Waals surface area contributed by atoms with Crippen LogP contribution in [0, 0.1) is 5.92 Å². The number of carbonyl (C=O) groups is 3. The quantitative estimate of drug-likeness (QED) is 0.773. The molecule has 158 valence electrons. The van der Waals surface area contributed by atoms with Gasteiger partial charge in [0.25, 0.3) is 0 Å². The van der Waals surface area contributed by atoms with Gasteiger partial charge >= 0.3 is 12.1 Å². The summed E-state index contributed by atoms with van der Waals surface area (Å²) in [4.78, 5) is 38.1. The van der Waals surface area contributed by atoms with Crippen LogP contribution in [0.3, 0.4) is 0 Å². The van der Waals surface area contributed by atoms with Gasteiger partial charge in [-0.3, -0.25) is 4.79 Å². The van der Waals surface area contributed by atoms with E-state index in [4.69, 9.17) is 4.74 Å². The van der Waals surface area contributed by atoms with E-state index in [0.717, 1.165) is 5.56 Å². The molecular weight excluding hydrogens is 384 g/mol. The van der Waals surface area contributed by atoms with E-state index >= 15 is 0 Å². The van der Waals surface area contributed by atoms with E-state index in [9.17, 15) is 19.5 Å². The van der Waals surface area contributed by atoms with Crippen LogP contribution in [0.4, 0.5) is 10.5 Å². The Hall–Kier alpha value is -3.35. The molecule has 1 aliphatic rings. The molecule has 0 fully saturated rings. The Bertz CT molecular complexity index is 944. The maximum atomic E-state index is 12.5. The smallest absolute Gasteiger partial charge is 0.407 e. The molecule has 0 saturated carbocycles. The highest BCUT2D eigenvalue weighted by molar-refractivity contribution is 5.95. The Labute approximate surface area is 175 Å². The second-order valence-corrected chi connectivity index (χ2v) is 7.49. The van der Waals surface area contributed by atoms with Crippen molar-refractivity contribution in [3.8, 4) is 0 Å². The Morgan fingerprint density at radius 3 is 2.43 bits per heavy atom. The highest BCUT2D eigenvalue weighted by Crippen LogP contribution is 2.42. The number of carbonyl (C=O) groups excluding carboxylic acids is 2. The number of nitrogens with one attached hydrogen (secondary N) is 1. The van der Waals surface area contributed by atoms with Crippen LogP contribution in [0.5, 0.6) is 0 Å². The fraction of sp³-hybridized carbons (Fsp3) is 0.348. The van der Waals surface area contributed by atoms with Crippen molar-refractivity contribution in [3.05, 3.63) is 65.2 Å². The molecule has 30 heavy (non-hydrogen) atoms. The van der Waals surface area contributed by atoms with Crippen LogP contribution in [-0.4, -0.2) is 29.1 Å². The van der Waals surface area contributed by atoms with Crippen molar-refractivity contribution in [1.29, 1.82) is 0 Å². The van der Waals surface area contributed by atoms with Crippen LogP contribution in [-0.2, 0) is 16.1 Å². The molecule has 2 aromatic carbocycles. The number of alkyl carbamates (subject to hydrolysis) is 1. The maximum absolute atomic E-state index is 12.5. The predicted octanol–water partition coefficient (Wildman–Crippen LogP) is 4.13. The van der Waals surface area contributed by atoms with Crippen molar-refractivity contribution >= 4 is 23.7 Å². The molecule has 7 nitrogen and oxygen atoms in total. The first kappa shape index (κ1) is 21.4. The lowest BCUT2D eigenvalue weighted by Gasteiger charge is -2.45. The number of anilines is 1. The number of amides is 2. The third-order valence-electron chi connectivity index (χ3n) is 5.58. The van der Waals surface area contributed by atoms with Gasteiger partial charge in [0.2, 0.25) is 5.91 Å². The number of benzene rings is 2. The second kappa shape index (κ2) is 8.98. The van der Waals surface area contributed by atoms with E-state index in [0.29, 0.717) is 17.7 Å². The third kappa shape index (κ3) is 4.30. The SMILES string of the molecule is CCC1C(C)C(NC(=O)OCc2ccccc2)c2cc(C(=O)O)ccc2N1C(C)=O. The summed E-state index contributed by atoms with van der Waals surface area (Å²) in [5.74, 6) is -1.33. The fourth-order valence-electron chi connectivity index (χ4n) is 4.13. The summed E-state index contributed by atoms with van der Waals surface area (Å²) >= 11 is 0. The monoisotopic (exact) mass is 410 g/mol. The van der Waals surface area contributed by atoms with Crippen molar-refractivity contribution < 1.29 is 24.2 Å². The van der Waals surface area contributed by atoms with E-state index < -0.39 is 18.1 Å². The van der Waals surface area contributed by atoms with Crippen molar-refractivity contribution in [1.82, 2.24) is 5.32 Å². The molecule has 2 amide bonds. The standard InChI is InChI=1S/C23H26N2O5/c1-4-19-14(2)21(24-23(29)30-13-16-8-6-5-7-9-16)18-12-17(22(27)28)10-11-20(18)25(19)15(3)26/h5-12,14,19,21H,4,13H2,1-3H3,(H,24,29)(H,27,28). The minimum absolute atomic E-state index is 0.101. The van der Waals surface area contributed by atoms with Gasteiger partial charge in [0, 0.05) is 24.6 Å². The van der Waals surface area contributed by atoms with Gasteiger partial charge in [-0.05, 0) is 35.7 Å². The van der Waals surface area contributed by atoms with E-state index in [1.165, 1.54) is 19.1 Å². The van der Waals surface area contributed by atoms with Gasteiger partial charge < -0.3 is 20.1 Å². The van der Waals surface area contributed by atoms with E-state index in [1.807, 2.05) is 44.2 Å². The number of carboxylic acids is 1. The first-order valence-electron chi connectivity index (χ1n) is 9.97. The lowest BCUT2D eigenvalue weighted by atomic mass is 9.80. The normalized spacial score (nSPS) is 20.2. The molecule has 7 heteroatoms. The first-order chi connectivity index (χ1) is 14.3. The summed E-state index contributed by atoms with van der Waals surface area (Å²) in [6.45, 7) is 5.56. The lowest BCUT2D eigenvalue weighted by Crippen LogP contribution is -2.51. The van der Waals surface area contributed by atoms with Crippen molar-refractivity contribution in [3.63, 3.8) is 0 Å². The van der Waals surface area contributed by atoms with Crippen molar-refractivity contribution in [2.24, 2.45) is 5.92 Å². The Balaban J connectivity index is 1.91. The molecule has 0 saturated heterocycles. The third-order valence-corrected chi connectivity index (χ3v) is 5.58. The van der Waals surface area contributed by atoms with Gasteiger partial charge in [-0.15, -0.1) is 0 Å². The number of hydrogen-bond acceptors (Lipinski definition) is 4. The summed E-state index contributed by atoms with van der Waals surface area (Å²) in [5.41, 5.74) is 2.18. The molecule has 0 radical (unpaired) electrons. The number of rotatable bonds is 5. The van der Waals surface area contributed by atoms with E-state index in [2.05, 4.69) is 5.32 Å². The highest BCUT2D eigenvalue weighted by Gasteiger charge is 2.40. The number of carboxylic acid groups (broad SMARTS) is 1. The van der Waals surface area contributed by atoms with Crippen LogP contribution in [0.2, 0.25) is 0 Å². The van der Waals surface area contributed by atoms with E-state index in [1.54, 1.807) is 11.0 Å². The van der Waals surface area contributed by atoms with Crippen LogP contribution < -0.4 is 10.2 Å². The van der Waals surface area contributed by atoms with Gasteiger partial charge in [-0.2, -0.15) is 0 Å². The summed E-state index contributed by atoms with van der Waals surface area (Å²) in [6, 6.07) is 13.4. The molecule has 0 aromatic heterocycles. The molecule has 0 spiro atoms. The van der Waals surface area contributed by atoms with Gasteiger partial charge in [0.05, 0.1) is 11.6 Å². The minimum Gasteiger partial charge on any atom is -0.478 e. The number of nitrogens with zero attached hydrogens (tertiary/aromatic N) is 1. The topological polar surface area (TPSA) is 95.9 Å².